The van der Waals surface area contributed by atoms with Crippen LogP contribution in [0.15, 0.2) is 40.2 Å². The molecule has 2 rings (SSSR count). The third-order valence-corrected chi connectivity index (χ3v) is 5.01. The zero-order chi connectivity index (χ0) is 14.7. The molecule has 3 nitrogen and oxygen atoms in total. The predicted molar refractivity (Wildman–Crippen MR) is 88.5 cm³/mol. The molecule has 0 bridgehead atoms. The summed E-state index contributed by atoms with van der Waals surface area (Å²) in [6.45, 7) is 2.12. The highest BCUT2D eigenvalue weighted by Crippen LogP contribution is 2.31. The standard InChI is InChI=1S/C15H17BrN2OS/c1-10(14-13(16)8-9-20-14)17-12-6-4-11(5-7-12)15(19)18(2)3/h4-10,17H,1-3H3. The lowest BCUT2D eigenvalue weighted by Crippen LogP contribution is -2.21. The molecule has 20 heavy (non-hydrogen) atoms. The number of carbonyl (C=O) groups is 1. The van der Waals surface area contributed by atoms with Crippen LogP contribution in [0.25, 0.3) is 0 Å². The van der Waals surface area contributed by atoms with Crippen molar-refractivity contribution in [3.05, 3.63) is 50.6 Å². The minimum atomic E-state index is 0.0191. The van der Waals surface area contributed by atoms with Gasteiger partial charge in [-0.2, -0.15) is 0 Å². The molecule has 1 aromatic carbocycles. The van der Waals surface area contributed by atoms with Crippen LogP contribution < -0.4 is 5.32 Å². The number of hydrogen-bond donors (Lipinski definition) is 1. The zero-order valence-corrected chi connectivity index (χ0v) is 14.1. The van der Waals surface area contributed by atoms with Crippen molar-refractivity contribution in [1.29, 1.82) is 0 Å². The van der Waals surface area contributed by atoms with Crippen LogP contribution in [-0.4, -0.2) is 24.9 Å². The van der Waals surface area contributed by atoms with E-state index in [4.69, 9.17) is 0 Å². The summed E-state index contributed by atoms with van der Waals surface area (Å²) in [5.74, 6) is 0.0191. The number of nitrogens with zero attached hydrogens (tertiary/aromatic N) is 1. The molecular formula is C15H17BrN2OS. The number of anilines is 1. The number of nitrogens with one attached hydrogen (secondary N) is 1. The molecule has 5 heteroatoms. The average Bonchev–Trinajstić information content (AvgIpc) is 2.85. The number of halogens is 1. The van der Waals surface area contributed by atoms with Crippen LogP contribution in [0.1, 0.15) is 28.2 Å². The maximum Gasteiger partial charge on any atom is 0.253 e. The van der Waals surface area contributed by atoms with Crippen molar-refractivity contribution in [2.75, 3.05) is 19.4 Å². The Balaban J connectivity index is 2.08. The SMILES string of the molecule is CC(Nc1ccc(C(=O)N(C)C)cc1)c1sccc1Br. The van der Waals surface area contributed by atoms with Crippen molar-refractivity contribution in [2.24, 2.45) is 0 Å². The van der Waals surface area contributed by atoms with Crippen LogP contribution in [0.4, 0.5) is 5.69 Å². The number of hydrogen-bond acceptors (Lipinski definition) is 3. The van der Waals surface area contributed by atoms with Crippen molar-refractivity contribution in [1.82, 2.24) is 4.90 Å². The smallest absolute Gasteiger partial charge is 0.253 e. The Labute approximate surface area is 131 Å². The Kier molecular flexibility index (Phi) is 4.83. The number of rotatable bonds is 4. The molecule has 1 atom stereocenters. The molecule has 0 saturated carbocycles. The molecule has 106 valence electrons. The van der Waals surface area contributed by atoms with Gasteiger partial charge in [-0.1, -0.05) is 0 Å². The van der Waals surface area contributed by atoms with Crippen LogP contribution in [0, 0.1) is 0 Å². The lowest BCUT2D eigenvalue weighted by molar-refractivity contribution is 0.0827. The average molecular weight is 353 g/mol. The Bertz CT molecular complexity index is 592. The van der Waals surface area contributed by atoms with Gasteiger partial charge in [0.2, 0.25) is 0 Å². The monoisotopic (exact) mass is 352 g/mol. The van der Waals surface area contributed by atoms with Gasteiger partial charge in [-0.05, 0) is 58.6 Å². The summed E-state index contributed by atoms with van der Waals surface area (Å²) in [4.78, 5) is 14.7. The van der Waals surface area contributed by atoms with Crippen molar-refractivity contribution < 1.29 is 4.79 Å². The van der Waals surface area contributed by atoms with E-state index in [1.54, 1.807) is 30.3 Å². The molecule has 1 aromatic heterocycles. The molecule has 0 spiro atoms. The van der Waals surface area contributed by atoms with E-state index in [0.29, 0.717) is 5.56 Å². The maximum absolute atomic E-state index is 11.8. The Morgan fingerprint density at radius 1 is 1.25 bits per heavy atom. The van der Waals surface area contributed by atoms with Crippen molar-refractivity contribution >= 4 is 38.9 Å². The van der Waals surface area contributed by atoms with Gasteiger partial charge in [-0.25, -0.2) is 0 Å². The molecule has 0 saturated heterocycles. The third kappa shape index (κ3) is 3.41. The minimum absolute atomic E-state index is 0.0191. The van der Waals surface area contributed by atoms with Gasteiger partial charge in [0.05, 0.1) is 6.04 Å². The molecule has 0 fully saturated rings. The topological polar surface area (TPSA) is 32.3 Å². The van der Waals surface area contributed by atoms with E-state index < -0.39 is 0 Å². The highest BCUT2D eigenvalue weighted by atomic mass is 79.9. The van der Waals surface area contributed by atoms with Crippen LogP contribution in [0.2, 0.25) is 0 Å². The third-order valence-electron chi connectivity index (χ3n) is 2.96. The van der Waals surface area contributed by atoms with Crippen LogP contribution in [-0.2, 0) is 0 Å². The van der Waals surface area contributed by atoms with E-state index in [0.717, 1.165) is 10.2 Å². The zero-order valence-electron chi connectivity index (χ0n) is 11.7. The van der Waals surface area contributed by atoms with Gasteiger partial charge in [-0.15, -0.1) is 11.3 Å². The van der Waals surface area contributed by atoms with Gasteiger partial charge in [0, 0.05) is 34.7 Å². The first-order valence-corrected chi connectivity index (χ1v) is 7.97. The Morgan fingerprint density at radius 2 is 1.90 bits per heavy atom. The first kappa shape index (κ1) is 15.1. The molecule has 1 heterocycles. The molecule has 0 radical (unpaired) electrons. The fourth-order valence-electron chi connectivity index (χ4n) is 1.90. The first-order chi connectivity index (χ1) is 9.49. The van der Waals surface area contributed by atoms with Crippen molar-refractivity contribution in [2.45, 2.75) is 13.0 Å². The Hall–Kier alpha value is -1.33. The lowest BCUT2D eigenvalue weighted by atomic mass is 10.1. The predicted octanol–water partition coefficient (Wildman–Crippen LogP) is 4.39. The fourth-order valence-corrected chi connectivity index (χ4v) is 3.62. The van der Waals surface area contributed by atoms with Crippen molar-refractivity contribution in [3.63, 3.8) is 0 Å². The molecule has 1 N–H and O–H groups in total. The van der Waals surface area contributed by atoms with E-state index in [1.165, 1.54) is 4.88 Å². The summed E-state index contributed by atoms with van der Waals surface area (Å²) < 4.78 is 1.13. The van der Waals surface area contributed by atoms with E-state index in [1.807, 2.05) is 24.3 Å². The number of carbonyl (C=O) groups excluding carboxylic acids is 1. The van der Waals surface area contributed by atoms with Gasteiger partial charge in [-0.3, -0.25) is 4.79 Å². The number of amides is 1. The van der Waals surface area contributed by atoms with Crippen LogP contribution in [0.3, 0.4) is 0 Å². The van der Waals surface area contributed by atoms with Crippen LogP contribution >= 0.6 is 27.3 Å². The van der Waals surface area contributed by atoms with E-state index in [9.17, 15) is 4.79 Å². The molecule has 0 aliphatic heterocycles. The second-order valence-corrected chi connectivity index (χ2v) is 6.58. The number of thiophene rings is 1. The van der Waals surface area contributed by atoms with Gasteiger partial charge < -0.3 is 10.2 Å². The Morgan fingerprint density at radius 3 is 2.40 bits per heavy atom. The molecular weight excluding hydrogens is 336 g/mol. The summed E-state index contributed by atoms with van der Waals surface area (Å²) >= 11 is 5.27. The summed E-state index contributed by atoms with van der Waals surface area (Å²) in [6.07, 6.45) is 0. The highest BCUT2D eigenvalue weighted by molar-refractivity contribution is 9.10. The molecule has 1 unspecified atom stereocenters. The molecule has 2 aromatic rings. The quantitative estimate of drug-likeness (QED) is 0.884. The summed E-state index contributed by atoms with van der Waals surface area (Å²) in [5.41, 5.74) is 1.71. The summed E-state index contributed by atoms with van der Waals surface area (Å²) in [7, 11) is 3.51. The molecule has 1 amide bonds. The first-order valence-electron chi connectivity index (χ1n) is 6.30. The van der Waals surface area contributed by atoms with Crippen molar-refractivity contribution in [3.8, 4) is 0 Å². The highest BCUT2D eigenvalue weighted by Gasteiger charge is 2.11. The van der Waals surface area contributed by atoms with Gasteiger partial charge in [0.1, 0.15) is 0 Å². The fraction of sp³-hybridized carbons (Fsp3) is 0.267. The van der Waals surface area contributed by atoms with Crippen LogP contribution in [0.5, 0.6) is 0 Å². The van der Waals surface area contributed by atoms with Gasteiger partial charge in [0.25, 0.3) is 5.91 Å². The minimum Gasteiger partial charge on any atom is -0.378 e. The lowest BCUT2D eigenvalue weighted by Gasteiger charge is -2.15. The summed E-state index contributed by atoms with van der Waals surface area (Å²) in [5, 5.41) is 5.50. The van der Waals surface area contributed by atoms with Gasteiger partial charge >= 0.3 is 0 Å². The largest absolute Gasteiger partial charge is 0.378 e. The molecule has 0 aliphatic carbocycles. The van der Waals surface area contributed by atoms with Gasteiger partial charge in [0.15, 0.2) is 0 Å². The molecule has 0 aliphatic rings. The summed E-state index contributed by atoms with van der Waals surface area (Å²) in [6, 6.07) is 9.85. The van der Waals surface area contributed by atoms with E-state index in [-0.39, 0.29) is 11.9 Å². The normalized spacial score (nSPS) is 12.0. The maximum atomic E-state index is 11.8. The number of benzene rings is 1. The second-order valence-electron chi connectivity index (χ2n) is 4.78. The van der Waals surface area contributed by atoms with E-state index in [2.05, 4.69) is 39.6 Å². The second kappa shape index (κ2) is 6.41. The van der Waals surface area contributed by atoms with E-state index >= 15 is 0 Å².